The lowest BCUT2D eigenvalue weighted by Crippen LogP contribution is -2.36. The molecule has 0 saturated heterocycles. The molecular weight excluding hydrogens is 167 g/mol. The molecule has 0 amide bonds. The second-order valence-corrected chi connectivity index (χ2v) is 1.90. The normalized spacial score (nSPS) is 16.3. The summed E-state index contributed by atoms with van der Waals surface area (Å²) in [5, 5.41) is 0. The smallest absolute Gasteiger partial charge is 0.236 e. The van der Waals surface area contributed by atoms with Crippen LogP contribution in [0.25, 0.3) is 0 Å². The molecule has 0 nitrogen and oxygen atoms in total. The van der Waals surface area contributed by atoms with Crippen LogP contribution in [0.1, 0.15) is 6.92 Å². The summed E-state index contributed by atoms with van der Waals surface area (Å²) >= 11 is 0. The van der Waals surface area contributed by atoms with Crippen LogP contribution >= 0.6 is 0 Å². The summed E-state index contributed by atoms with van der Waals surface area (Å²) in [4.78, 5) is 0. The number of halogens is 5. The molecule has 0 aromatic carbocycles. The van der Waals surface area contributed by atoms with Crippen molar-refractivity contribution in [2.45, 2.75) is 25.4 Å². The molecule has 1 unspecified atom stereocenters. The Hall–Kier alpha value is -0.610. The van der Waals surface area contributed by atoms with Crippen molar-refractivity contribution in [3.8, 4) is 0 Å². The Kier molecular flexibility index (Phi) is 3.48. The van der Waals surface area contributed by atoms with Crippen LogP contribution in [0.2, 0.25) is 0 Å². The largest absolute Gasteiger partial charge is 0.341 e. The topological polar surface area (TPSA) is 0 Å². The zero-order valence-corrected chi connectivity index (χ0v) is 5.70. The second-order valence-electron chi connectivity index (χ2n) is 1.90. The molecule has 1 atom stereocenters. The van der Waals surface area contributed by atoms with E-state index in [1.54, 1.807) is 0 Å². The molecule has 0 aromatic rings. The zero-order valence-electron chi connectivity index (χ0n) is 5.70. The highest BCUT2D eigenvalue weighted by atomic mass is 19.3. The SMILES string of the molecule is CC=CC(F)C(F)(F)C(F)F. The van der Waals surface area contributed by atoms with Crippen molar-refractivity contribution in [2.75, 3.05) is 0 Å². The van der Waals surface area contributed by atoms with Crippen LogP contribution in [0, 0.1) is 0 Å². The molecule has 0 N–H and O–H groups in total. The fraction of sp³-hybridized carbons (Fsp3) is 0.667. The Morgan fingerprint density at radius 1 is 1.18 bits per heavy atom. The van der Waals surface area contributed by atoms with Crippen molar-refractivity contribution >= 4 is 0 Å². The molecule has 0 bridgehead atoms. The molecule has 11 heavy (non-hydrogen) atoms. The molecule has 0 spiro atoms. The van der Waals surface area contributed by atoms with Crippen LogP contribution in [0.3, 0.4) is 0 Å². The predicted octanol–water partition coefficient (Wildman–Crippen LogP) is 2.80. The van der Waals surface area contributed by atoms with Gasteiger partial charge in [-0.3, -0.25) is 0 Å². The van der Waals surface area contributed by atoms with E-state index in [4.69, 9.17) is 0 Å². The lowest BCUT2D eigenvalue weighted by atomic mass is 10.2. The van der Waals surface area contributed by atoms with Gasteiger partial charge in [0.05, 0.1) is 0 Å². The minimum Gasteiger partial charge on any atom is -0.236 e. The lowest BCUT2D eigenvalue weighted by Gasteiger charge is -2.16. The monoisotopic (exact) mass is 174 g/mol. The number of rotatable bonds is 3. The van der Waals surface area contributed by atoms with Crippen LogP contribution in [0.5, 0.6) is 0 Å². The van der Waals surface area contributed by atoms with Crippen LogP contribution in [0.4, 0.5) is 22.0 Å². The Morgan fingerprint density at radius 2 is 1.64 bits per heavy atom. The molecule has 0 aromatic heterocycles. The van der Waals surface area contributed by atoms with Gasteiger partial charge < -0.3 is 0 Å². The Labute approximate surface area is 60.7 Å². The first kappa shape index (κ1) is 10.4. The quantitative estimate of drug-likeness (QED) is 0.455. The second kappa shape index (κ2) is 3.69. The average molecular weight is 174 g/mol. The lowest BCUT2D eigenvalue weighted by molar-refractivity contribution is -0.158. The van der Waals surface area contributed by atoms with Gasteiger partial charge in [0.1, 0.15) is 0 Å². The predicted molar refractivity (Wildman–Crippen MR) is 30.7 cm³/mol. The van der Waals surface area contributed by atoms with Crippen molar-refractivity contribution in [1.82, 2.24) is 0 Å². The van der Waals surface area contributed by atoms with Crippen LogP contribution in [-0.4, -0.2) is 18.5 Å². The maximum Gasteiger partial charge on any atom is 0.341 e. The summed E-state index contributed by atoms with van der Waals surface area (Å²) < 4.78 is 58.7. The molecule has 0 saturated carbocycles. The van der Waals surface area contributed by atoms with Crippen molar-refractivity contribution in [1.29, 1.82) is 0 Å². The third-order valence-electron chi connectivity index (χ3n) is 1.02. The van der Waals surface area contributed by atoms with Gasteiger partial charge in [0, 0.05) is 0 Å². The summed E-state index contributed by atoms with van der Waals surface area (Å²) in [6.07, 6.45) is -5.52. The van der Waals surface area contributed by atoms with E-state index in [1.165, 1.54) is 6.92 Å². The van der Waals surface area contributed by atoms with Gasteiger partial charge in [-0.15, -0.1) is 0 Å². The summed E-state index contributed by atoms with van der Waals surface area (Å²) in [7, 11) is 0. The van der Waals surface area contributed by atoms with E-state index in [9.17, 15) is 22.0 Å². The molecule has 0 aliphatic carbocycles. The Bertz CT molecular complexity index is 140. The van der Waals surface area contributed by atoms with Gasteiger partial charge in [0.2, 0.25) is 0 Å². The maximum atomic E-state index is 12.1. The summed E-state index contributed by atoms with van der Waals surface area (Å²) in [5.74, 6) is -4.58. The summed E-state index contributed by atoms with van der Waals surface area (Å²) in [6.45, 7) is 1.27. The van der Waals surface area contributed by atoms with Crippen molar-refractivity contribution < 1.29 is 22.0 Å². The minimum absolute atomic E-state index is 0.395. The standard InChI is InChI=1S/C6H7F5/c1-2-3-4(7)6(10,11)5(8)9/h2-5H,1H3. The third-order valence-corrected chi connectivity index (χ3v) is 1.02. The molecule has 0 radical (unpaired) electrons. The van der Waals surface area contributed by atoms with Gasteiger partial charge in [-0.05, 0) is 13.0 Å². The van der Waals surface area contributed by atoms with E-state index in [-0.39, 0.29) is 0 Å². The van der Waals surface area contributed by atoms with E-state index in [2.05, 4.69) is 0 Å². The van der Waals surface area contributed by atoms with Crippen LogP contribution < -0.4 is 0 Å². The zero-order chi connectivity index (χ0) is 9.07. The summed E-state index contributed by atoms with van der Waals surface area (Å²) in [6, 6.07) is 0. The van der Waals surface area contributed by atoms with Crippen molar-refractivity contribution in [3.05, 3.63) is 12.2 Å². The van der Waals surface area contributed by atoms with Crippen molar-refractivity contribution in [3.63, 3.8) is 0 Å². The minimum atomic E-state index is -4.58. The van der Waals surface area contributed by atoms with E-state index in [1.807, 2.05) is 0 Å². The van der Waals surface area contributed by atoms with Gasteiger partial charge in [-0.1, -0.05) is 6.08 Å². The first-order valence-electron chi connectivity index (χ1n) is 2.85. The first-order valence-corrected chi connectivity index (χ1v) is 2.85. The molecule has 0 fully saturated rings. The van der Waals surface area contributed by atoms with Gasteiger partial charge in [-0.2, -0.15) is 8.78 Å². The van der Waals surface area contributed by atoms with Gasteiger partial charge in [0.15, 0.2) is 6.17 Å². The van der Waals surface area contributed by atoms with Crippen LogP contribution in [-0.2, 0) is 0 Å². The van der Waals surface area contributed by atoms with E-state index < -0.39 is 18.5 Å². The Morgan fingerprint density at radius 3 is 1.91 bits per heavy atom. The fourth-order valence-corrected chi connectivity index (χ4v) is 0.418. The maximum absolute atomic E-state index is 12.1. The average Bonchev–Trinajstić information content (AvgIpc) is 1.88. The molecule has 5 heteroatoms. The van der Waals surface area contributed by atoms with Gasteiger partial charge in [0.25, 0.3) is 0 Å². The third kappa shape index (κ3) is 2.48. The summed E-state index contributed by atoms with van der Waals surface area (Å²) in [5.41, 5.74) is 0. The number of alkyl halides is 5. The fourth-order valence-electron chi connectivity index (χ4n) is 0.418. The number of allylic oxidation sites excluding steroid dienone is 2. The van der Waals surface area contributed by atoms with E-state index >= 15 is 0 Å². The first-order chi connectivity index (χ1) is 4.92. The molecular formula is C6H7F5. The number of hydrogen-bond acceptors (Lipinski definition) is 0. The molecule has 0 rings (SSSR count). The van der Waals surface area contributed by atoms with Crippen LogP contribution in [0.15, 0.2) is 12.2 Å². The highest BCUT2D eigenvalue weighted by Gasteiger charge is 2.48. The highest BCUT2D eigenvalue weighted by Crippen LogP contribution is 2.29. The van der Waals surface area contributed by atoms with Gasteiger partial charge in [-0.25, -0.2) is 13.2 Å². The molecule has 66 valence electrons. The van der Waals surface area contributed by atoms with E-state index in [0.29, 0.717) is 6.08 Å². The highest BCUT2D eigenvalue weighted by molar-refractivity contribution is 4.95. The van der Waals surface area contributed by atoms with Crippen molar-refractivity contribution in [2.24, 2.45) is 0 Å². The molecule has 0 aliphatic heterocycles. The number of hydrogen-bond donors (Lipinski definition) is 0. The van der Waals surface area contributed by atoms with Gasteiger partial charge >= 0.3 is 12.3 Å². The molecule has 0 heterocycles. The molecule has 0 aliphatic rings. The Balaban J connectivity index is 4.28. The van der Waals surface area contributed by atoms with E-state index in [0.717, 1.165) is 6.08 Å².